The second kappa shape index (κ2) is 6.22. The van der Waals surface area contributed by atoms with E-state index in [9.17, 15) is 13.2 Å². The highest BCUT2D eigenvalue weighted by Crippen LogP contribution is 2.34. The first kappa shape index (κ1) is 16.1. The monoisotopic (exact) mass is 316 g/mol. The summed E-state index contributed by atoms with van der Waals surface area (Å²) in [5.41, 5.74) is 5.97. The maximum atomic E-state index is 12.8. The highest BCUT2D eigenvalue weighted by Gasteiger charge is 2.32. The quantitative estimate of drug-likeness (QED) is 0.833. The molecule has 0 spiro atoms. The lowest BCUT2D eigenvalue weighted by atomic mass is 10.0. The molecule has 1 atom stereocenters. The smallest absolute Gasteiger partial charge is 0.389 e. The van der Waals surface area contributed by atoms with Crippen LogP contribution in [0.2, 0.25) is 0 Å². The van der Waals surface area contributed by atoms with Crippen LogP contribution in [0, 0.1) is 0 Å². The van der Waals surface area contributed by atoms with E-state index in [4.69, 9.17) is 18.0 Å². The van der Waals surface area contributed by atoms with Gasteiger partial charge >= 0.3 is 6.18 Å². The van der Waals surface area contributed by atoms with Crippen molar-refractivity contribution in [3.8, 4) is 0 Å². The molecule has 0 amide bonds. The minimum Gasteiger partial charge on any atom is -0.389 e. The molecule has 0 radical (unpaired) electrons. The number of alkyl halides is 3. The lowest BCUT2D eigenvalue weighted by molar-refractivity contribution is -0.137. The van der Waals surface area contributed by atoms with Crippen molar-refractivity contribution in [2.75, 3.05) is 11.4 Å². The fourth-order valence-electron chi connectivity index (χ4n) is 2.79. The summed E-state index contributed by atoms with van der Waals surface area (Å²) in [6, 6.07) is 3.95. The van der Waals surface area contributed by atoms with Crippen LogP contribution >= 0.6 is 12.2 Å². The average molecular weight is 316 g/mol. The predicted octanol–water partition coefficient (Wildman–Crippen LogP) is 4.11. The van der Waals surface area contributed by atoms with Crippen LogP contribution in [-0.4, -0.2) is 17.6 Å². The van der Waals surface area contributed by atoms with Gasteiger partial charge in [0.05, 0.1) is 5.56 Å². The van der Waals surface area contributed by atoms with E-state index in [0.717, 1.165) is 44.4 Å². The van der Waals surface area contributed by atoms with E-state index in [2.05, 4.69) is 11.8 Å². The molecule has 2 rings (SSSR count). The molecule has 0 saturated carbocycles. The summed E-state index contributed by atoms with van der Waals surface area (Å²) in [6.07, 6.45) is -0.0486. The number of hydrogen-bond donors (Lipinski definition) is 1. The van der Waals surface area contributed by atoms with Gasteiger partial charge in [-0.05, 0) is 38.0 Å². The second-order valence-corrected chi connectivity index (χ2v) is 5.93. The van der Waals surface area contributed by atoms with Crippen LogP contribution in [0.25, 0.3) is 0 Å². The lowest BCUT2D eigenvalue weighted by Gasteiger charge is -2.31. The third-order valence-electron chi connectivity index (χ3n) is 3.95. The summed E-state index contributed by atoms with van der Waals surface area (Å²) in [5, 5.41) is 0. The predicted molar refractivity (Wildman–Crippen MR) is 82.6 cm³/mol. The number of benzene rings is 1. The fraction of sp³-hybridized carbons (Fsp3) is 0.533. The maximum absolute atomic E-state index is 12.8. The van der Waals surface area contributed by atoms with Gasteiger partial charge in [0.25, 0.3) is 0 Å². The number of nitrogens with zero attached hydrogens (tertiary/aromatic N) is 1. The molecule has 0 aliphatic carbocycles. The van der Waals surface area contributed by atoms with Crippen molar-refractivity contribution < 1.29 is 13.2 Å². The minimum absolute atomic E-state index is 0.00699. The summed E-state index contributed by atoms with van der Waals surface area (Å²) in [7, 11) is 0. The van der Waals surface area contributed by atoms with E-state index < -0.39 is 11.7 Å². The molecule has 21 heavy (non-hydrogen) atoms. The number of anilines is 1. The molecular weight excluding hydrogens is 297 g/mol. The lowest BCUT2D eigenvalue weighted by Crippen LogP contribution is -2.34. The van der Waals surface area contributed by atoms with Crippen LogP contribution in [0.5, 0.6) is 0 Å². The van der Waals surface area contributed by atoms with Crippen LogP contribution < -0.4 is 10.6 Å². The Balaban J connectivity index is 2.45. The van der Waals surface area contributed by atoms with Gasteiger partial charge in [-0.25, -0.2) is 0 Å². The first-order valence-electron chi connectivity index (χ1n) is 7.08. The molecule has 1 aliphatic heterocycles. The summed E-state index contributed by atoms with van der Waals surface area (Å²) >= 11 is 4.96. The fourth-order valence-corrected chi connectivity index (χ4v) is 2.96. The van der Waals surface area contributed by atoms with E-state index in [0.29, 0.717) is 11.3 Å². The van der Waals surface area contributed by atoms with E-state index in [1.54, 1.807) is 0 Å². The number of nitrogens with two attached hydrogens (primary N) is 1. The van der Waals surface area contributed by atoms with Crippen LogP contribution in [-0.2, 0) is 6.18 Å². The van der Waals surface area contributed by atoms with Gasteiger partial charge in [0.15, 0.2) is 0 Å². The van der Waals surface area contributed by atoms with Gasteiger partial charge in [0.2, 0.25) is 0 Å². The molecule has 1 heterocycles. The highest BCUT2D eigenvalue weighted by atomic mass is 32.1. The number of rotatable bonds is 2. The molecule has 1 fully saturated rings. The molecule has 1 aromatic carbocycles. The van der Waals surface area contributed by atoms with Crippen molar-refractivity contribution in [1.82, 2.24) is 0 Å². The van der Waals surface area contributed by atoms with Gasteiger partial charge in [-0.1, -0.05) is 25.1 Å². The Kier molecular flexibility index (Phi) is 4.76. The van der Waals surface area contributed by atoms with Crippen molar-refractivity contribution in [2.24, 2.45) is 5.73 Å². The maximum Gasteiger partial charge on any atom is 0.416 e. The van der Waals surface area contributed by atoms with Crippen molar-refractivity contribution in [3.05, 3.63) is 29.3 Å². The van der Waals surface area contributed by atoms with E-state index in [-0.39, 0.29) is 11.0 Å². The van der Waals surface area contributed by atoms with Gasteiger partial charge in [-0.15, -0.1) is 0 Å². The number of halogens is 3. The van der Waals surface area contributed by atoms with Crippen LogP contribution in [0.1, 0.15) is 43.7 Å². The van der Waals surface area contributed by atoms with Gasteiger partial charge in [0, 0.05) is 23.8 Å². The number of hydrogen-bond acceptors (Lipinski definition) is 2. The molecule has 1 unspecified atom stereocenters. The minimum atomic E-state index is -4.39. The molecule has 0 bridgehead atoms. The van der Waals surface area contributed by atoms with E-state index >= 15 is 0 Å². The summed E-state index contributed by atoms with van der Waals surface area (Å²) < 4.78 is 38.5. The van der Waals surface area contributed by atoms with Gasteiger partial charge in [-0.3, -0.25) is 0 Å². The van der Waals surface area contributed by atoms with Crippen molar-refractivity contribution in [3.63, 3.8) is 0 Å². The molecule has 2 N–H and O–H groups in total. The molecule has 6 heteroatoms. The van der Waals surface area contributed by atoms with Gasteiger partial charge in [-0.2, -0.15) is 13.2 Å². The third-order valence-corrected chi connectivity index (χ3v) is 4.17. The first-order valence-corrected chi connectivity index (χ1v) is 7.49. The Morgan fingerprint density at radius 3 is 2.62 bits per heavy atom. The van der Waals surface area contributed by atoms with E-state index in [1.165, 1.54) is 6.07 Å². The van der Waals surface area contributed by atoms with Crippen LogP contribution in [0.15, 0.2) is 18.2 Å². The first-order chi connectivity index (χ1) is 9.80. The Bertz CT molecular complexity index is 528. The zero-order chi connectivity index (χ0) is 15.6. The molecule has 116 valence electrons. The van der Waals surface area contributed by atoms with Crippen molar-refractivity contribution >= 4 is 22.9 Å². The third kappa shape index (κ3) is 3.67. The standard InChI is InChI=1S/C15H19F3N2S/c1-10-5-3-2-4-8-20(10)13-7-6-11(15(16,17)18)9-12(13)14(19)21/h6-7,9-10H,2-5,8H2,1H3,(H2,19,21). The molecule has 1 saturated heterocycles. The Morgan fingerprint density at radius 2 is 2.00 bits per heavy atom. The van der Waals surface area contributed by atoms with Crippen LogP contribution in [0.4, 0.5) is 18.9 Å². The molecular formula is C15H19F3N2S. The highest BCUT2D eigenvalue weighted by molar-refractivity contribution is 7.80. The zero-order valence-corrected chi connectivity index (χ0v) is 12.7. The van der Waals surface area contributed by atoms with Gasteiger partial charge in [0.1, 0.15) is 4.99 Å². The summed E-state index contributed by atoms with van der Waals surface area (Å²) in [5.74, 6) is 0. The molecule has 1 aliphatic rings. The molecule has 1 aromatic rings. The average Bonchev–Trinajstić information content (AvgIpc) is 2.61. The van der Waals surface area contributed by atoms with Gasteiger partial charge < -0.3 is 10.6 Å². The van der Waals surface area contributed by atoms with E-state index in [1.807, 2.05) is 0 Å². The Labute approximate surface area is 128 Å². The summed E-state index contributed by atoms with van der Waals surface area (Å²) in [4.78, 5) is 2.13. The largest absolute Gasteiger partial charge is 0.416 e. The van der Waals surface area contributed by atoms with Crippen LogP contribution in [0.3, 0.4) is 0 Å². The Morgan fingerprint density at radius 1 is 1.29 bits per heavy atom. The summed E-state index contributed by atoms with van der Waals surface area (Å²) in [6.45, 7) is 2.91. The number of thiocarbonyl (C=S) groups is 1. The molecule has 2 nitrogen and oxygen atoms in total. The van der Waals surface area contributed by atoms with Crippen molar-refractivity contribution in [1.29, 1.82) is 0 Å². The topological polar surface area (TPSA) is 29.3 Å². The van der Waals surface area contributed by atoms with Crippen molar-refractivity contribution in [2.45, 2.75) is 44.8 Å². The zero-order valence-electron chi connectivity index (χ0n) is 11.9. The Hall–Kier alpha value is -1.30. The SMILES string of the molecule is CC1CCCCCN1c1ccc(C(F)(F)F)cc1C(N)=S. The molecule has 0 aromatic heterocycles. The normalized spacial score (nSPS) is 20.2. The second-order valence-electron chi connectivity index (χ2n) is 5.49.